The van der Waals surface area contributed by atoms with Gasteiger partial charge in [0.1, 0.15) is 0 Å². The van der Waals surface area contributed by atoms with Crippen molar-refractivity contribution in [3.63, 3.8) is 0 Å². The highest BCUT2D eigenvalue weighted by molar-refractivity contribution is 6.10. The first-order chi connectivity index (χ1) is 10.2. The molecule has 4 nitrogen and oxygen atoms in total. The number of anilines is 2. The Morgan fingerprint density at radius 3 is 2.62 bits per heavy atom. The van der Waals surface area contributed by atoms with Crippen molar-refractivity contribution in [2.24, 2.45) is 10.7 Å². The molecule has 0 aliphatic carbocycles. The molecule has 0 unspecified atom stereocenters. The Labute approximate surface area is 125 Å². The molecule has 2 aromatic rings. The number of hydrogen-bond acceptors (Lipinski definition) is 4. The van der Waals surface area contributed by atoms with Crippen molar-refractivity contribution in [3.8, 4) is 0 Å². The quantitative estimate of drug-likeness (QED) is 0.582. The van der Waals surface area contributed by atoms with Crippen molar-refractivity contribution in [2.45, 2.75) is 6.54 Å². The molecule has 0 fully saturated rings. The van der Waals surface area contributed by atoms with E-state index < -0.39 is 0 Å². The summed E-state index contributed by atoms with van der Waals surface area (Å²) < 4.78 is 0. The van der Waals surface area contributed by atoms with Crippen LogP contribution in [0.5, 0.6) is 0 Å². The topological polar surface area (TPSA) is 76.4 Å². The summed E-state index contributed by atoms with van der Waals surface area (Å²) in [5.41, 5.74) is 16.2. The zero-order chi connectivity index (χ0) is 15.1. The Morgan fingerprint density at radius 2 is 1.95 bits per heavy atom. The Morgan fingerprint density at radius 1 is 1.19 bits per heavy atom. The number of hydrogen-bond donors (Lipinski definition) is 3. The van der Waals surface area contributed by atoms with E-state index >= 15 is 0 Å². The average molecular weight is 280 g/mol. The molecule has 0 amide bonds. The van der Waals surface area contributed by atoms with E-state index in [1.165, 1.54) is 5.56 Å². The molecule has 5 N–H and O–H groups in total. The van der Waals surface area contributed by atoms with Crippen molar-refractivity contribution in [1.82, 2.24) is 0 Å². The third kappa shape index (κ3) is 3.86. The molecule has 108 valence electrons. The lowest BCUT2D eigenvalue weighted by atomic mass is 10.1. The SMILES string of the molecule is CNc1cc(C(C=NCc2ccccc2)=CN)ccc1N. The first-order valence-corrected chi connectivity index (χ1v) is 6.78. The van der Waals surface area contributed by atoms with E-state index in [1.807, 2.05) is 55.6 Å². The lowest BCUT2D eigenvalue weighted by Gasteiger charge is -2.08. The second-order valence-corrected chi connectivity index (χ2v) is 4.63. The summed E-state index contributed by atoms with van der Waals surface area (Å²) in [7, 11) is 1.84. The number of rotatable bonds is 5. The Bertz CT molecular complexity index is 645. The number of nitrogens with two attached hydrogens (primary N) is 2. The van der Waals surface area contributed by atoms with Crippen LogP contribution in [0.15, 0.2) is 59.7 Å². The van der Waals surface area contributed by atoms with E-state index in [9.17, 15) is 0 Å². The summed E-state index contributed by atoms with van der Waals surface area (Å²) in [6, 6.07) is 15.8. The van der Waals surface area contributed by atoms with Crippen molar-refractivity contribution in [2.75, 3.05) is 18.1 Å². The Kier molecular flexibility index (Phi) is 4.99. The van der Waals surface area contributed by atoms with Crippen LogP contribution in [-0.4, -0.2) is 13.3 Å². The largest absolute Gasteiger partial charge is 0.404 e. The fraction of sp³-hybridized carbons (Fsp3) is 0.118. The number of aliphatic imine (C=N–C) groups is 1. The molecule has 2 rings (SSSR count). The highest BCUT2D eigenvalue weighted by Gasteiger charge is 2.02. The molecule has 0 heterocycles. The summed E-state index contributed by atoms with van der Waals surface area (Å²) >= 11 is 0. The Balaban J connectivity index is 2.13. The third-order valence-electron chi connectivity index (χ3n) is 3.18. The van der Waals surface area contributed by atoms with Crippen LogP contribution in [0.2, 0.25) is 0 Å². The molecular weight excluding hydrogens is 260 g/mol. The maximum atomic E-state index is 5.87. The van der Waals surface area contributed by atoms with Crippen molar-refractivity contribution in [1.29, 1.82) is 0 Å². The predicted molar refractivity (Wildman–Crippen MR) is 91.2 cm³/mol. The second kappa shape index (κ2) is 7.14. The summed E-state index contributed by atoms with van der Waals surface area (Å²) in [6.45, 7) is 0.631. The van der Waals surface area contributed by atoms with E-state index in [0.717, 1.165) is 16.8 Å². The van der Waals surface area contributed by atoms with E-state index in [1.54, 1.807) is 12.4 Å². The molecule has 4 heteroatoms. The van der Waals surface area contributed by atoms with E-state index in [2.05, 4.69) is 10.3 Å². The minimum Gasteiger partial charge on any atom is -0.404 e. The monoisotopic (exact) mass is 280 g/mol. The van der Waals surface area contributed by atoms with Crippen molar-refractivity contribution >= 4 is 23.2 Å². The molecule has 0 saturated heterocycles. The summed E-state index contributed by atoms with van der Waals surface area (Å²) in [5.74, 6) is 0. The standard InChI is InChI=1S/C17H20N4/c1-20-17-9-14(7-8-16(17)19)15(10-18)12-21-11-13-5-3-2-4-6-13/h2-10,12,20H,11,18-19H2,1H3. The van der Waals surface area contributed by atoms with Gasteiger partial charge in [0.25, 0.3) is 0 Å². The highest BCUT2D eigenvalue weighted by atomic mass is 14.8. The number of nitrogen functional groups attached to an aromatic ring is 1. The van der Waals surface area contributed by atoms with Gasteiger partial charge in [-0.25, -0.2) is 0 Å². The van der Waals surface area contributed by atoms with Crippen LogP contribution in [0.1, 0.15) is 11.1 Å². The van der Waals surface area contributed by atoms with Crippen LogP contribution < -0.4 is 16.8 Å². The van der Waals surface area contributed by atoms with Crippen LogP contribution in [0.3, 0.4) is 0 Å². The van der Waals surface area contributed by atoms with Gasteiger partial charge in [0.05, 0.1) is 17.9 Å². The van der Waals surface area contributed by atoms with E-state index in [-0.39, 0.29) is 0 Å². The first-order valence-electron chi connectivity index (χ1n) is 6.78. The lowest BCUT2D eigenvalue weighted by molar-refractivity contribution is 1.08. The third-order valence-corrected chi connectivity index (χ3v) is 3.18. The molecule has 21 heavy (non-hydrogen) atoms. The lowest BCUT2D eigenvalue weighted by Crippen LogP contribution is -1.98. The van der Waals surface area contributed by atoms with Gasteiger partial charge in [-0.3, -0.25) is 4.99 Å². The van der Waals surface area contributed by atoms with Gasteiger partial charge >= 0.3 is 0 Å². The van der Waals surface area contributed by atoms with Crippen molar-refractivity contribution < 1.29 is 0 Å². The van der Waals surface area contributed by atoms with E-state index in [0.29, 0.717) is 12.2 Å². The van der Waals surface area contributed by atoms with Crippen LogP contribution in [0.25, 0.3) is 5.57 Å². The molecule has 0 bridgehead atoms. The zero-order valence-corrected chi connectivity index (χ0v) is 12.1. The van der Waals surface area contributed by atoms with Crippen LogP contribution in [-0.2, 0) is 6.54 Å². The molecule has 0 aliphatic heterocycles. The predicted octanol–water partition coefficient (Wildman–Crippen LogP) is 2.88. The van der Waals surface area contributed by atoms with Crippen LogP contribution >= 0.6 is 0 Å². The maximum Gasteiger partial charge on any atom is 0.0639 e. The number of nitrogens with one attached hydrogen (secondary N) is 1. The molecule has 0 saturated carbocycles. The van der Waals surface area contributed by atoms with Crippen LogP contribution in [0.4, 0.5) is 11.4 Å². The second-order valence-electron chi connectivity index (χ2n) is 4.63. The van der Waals surface area contributed by atoms with Crippen LogP contribution in [0, 0.1) is 0 Å². The first kappa shape index (κ1) is 14.7. The highest BCUT2D eigenvalue weighted by Crippen LogP contribution is 2.23. The molecule has 2 aromatic carbocycles. The van der Waals surface area contributed by atoms with Gasteiger partial charge in [0.2, 0.25) is 0 Å². The van der Waals surface area contributed by atoms with E-state index in [4.69, 9.17) is 11.5 Å². The fourth-order valence-electron chi connectivity index (χ4n) is 2.00. The van der Waals surface area contributed by atoms with Gasteiger partial charge in [0, 0.05) is 25.0 Å². The molecular formula is C17H20N4. The average Bonchev–Trinajstić information content (AvgIpc) is 2.53. The van der Waals surface area contributed by atoms with Gasteiger partial charge in [0.15, 0.2) is 0 Å². The van der Waals surface area contributed by atoms with Gasteiger partial charge in [-0.05, 0) is 23.3 Å². The molecule has 0 radical (unpaired) electrons. The fourth-order valence-corrected chi connectivity index (χ4v) is 2.00. The van der Waals surface area contributed by atoms with Gasteiger partial charge in [-0.1, -0.05) is 36.4 Å². The summed E-state index contributed by atoms with van der Waals surface area (Å²) in [4.78, 5) is 4.44. The zero-order valence-electron chi connectivity index (χ0n) is 12.1. The summed E-state index contributed by atoms with van der Waals surface area (Å²) in [6.07, 6.45) is 3.34. The number of nitrogens with zero attached hydrogens (tertiary/aromatic N) is 1. The number of allylic oxidation sites excluding steroid dienone is 1. The molecule has 0 aliphatic rings. The minimum absolute atomic E-state index is 0.631. The smallest absolute Gasteiger partial charge is 0.0639 e. The van der Waals surface area contributed by atoms with Gasteiger partial charge in [-0.15, -0.1) is 0 Å². The number of benzene rings is 2. The van der Waals surface area contributed by atoms with Gasteiger partial charge < -0.3 is 16.8 Å². The minimum atomic E-state index is 0.631. The summed E-state index contributed by atoms with van der Waals surface area (Å²) in [5, 5.41) is 3.06. The molecule has 0 aromatic heterocycles. The molecule has 0 atom stereocenters. The molecule has 0 spiro atoms. The maximum absolute atomic E-state index is 5.87. The van der Waals surface area contributed by atoms with Gasteiger partial charge in [-0.2, -0.15) is 0 Å². The Hall–Kier alpha value is -2.75. The normalized spacial score (nSPS) is 11.8. The van der Waals surface area contributed by atoms with Crippen molar-refractivity contribution in [3.05, 3.63) is 65.9 Å².